The second kappa shape index (κ2) is 8.17. The highest BCUT2D eigenvalue weighted by atomic mass is 32.2. The van der Waals surface area contributed by atoms with Gasteiger partial charge in [-0.1, -0.05) is 6.92 Å². The molecule has 20 heavy (non-hydrogen) atoms. The van der Waals surface area contributed by atoms with E-state index in [0.29, 0.717) is 12.2 Å². The van der Waals surface area contributed by atoms with Gasteiger partial charge >= 0.3 is 0 Å². The summed E-state index contributed by atoms with van der Waals surface area (Å²) >= 11 is 1.75. The molecule has 0 aliphatic carbocycles. The first kappa shape index (κ1) is 16.9. The van der Waals surface area contributed by atoms with E-state index < -0.39 is 5.60 Å². The molecule has 2 N–H and O–H groups in total. The van der Waals surface area contributed by atoms with Crippen LogP contribution in [0.3, 0.4) is 0 Å². The number of benzene rings is 1. The minimum Gasteiger partial charge on any atom is -0.491 e. The van der Waals surface area contributed by atoms with E-state index >= 15 is 0 Å². The summed E-state index contributed by atoms with van der Waals surface area (Å²) in [5.41, 5.74) is -0.101. The molecule has 1 aromatic rings. The van der Waals surface area contributed by atoms with Crippen molar-refractivity contribution in [3.8, 4) is 5.75 Å². The number of aliphatic hydroxyl groups is 1. The minimum atomic E-state index is -0.857. The number of hydrogen-bond acceptors (Lipinski definition) is 4. The fraction of sp³-hybridized carbons (Fsp3) is 0.533. The van der Waals surface area contributed by atoms with Gasteiger partial charge in [-0.05, 0) is 43.9 Å². The average Bonchev–Trinajstić information content (AvgIpc) is 2.37. The SMILES string of the molecule is CCSCCC(=O)Nc1ccc(OCC(C)(C)O)cc1. The fourth-order valence-corrected chi connectivity index (χ4v) is 2.05. The van der Waals surface area contributed by atoms with Crippen LogP contribution in [0.25, 0.3) is 0 Å². The van der Waals surface area contributed by atoms with Crippen molar-refractivity contribution in [3.05, 3.63) is 24.3 Å². The lowest BCUT2D eigenvalue weighted by Gasteiger charge is -2.17. The Balaban J connectivity index is 2.40. The van der Waals surface area contributed by atoms with E-state index in [4.69, 9.17) is 4.74 Å². The quantitative estimate of drug-likeness (QED) is 0.724. The first-order chi connectivity index (χ1) is 9.40. The molecular formula is C15H23NO3S. The van der Waals surface area contributed by atoms with E-state index in [-0.39, 0.29) is 12.5 Å². The van der Waals surface area contributed by atoms with Crippen molar-refractivity contribution in [1.29, 1.82) is 0 Å². The van der Waals surface area contributed by atoms with Crippen LogP contribution in [0.5, 0.6) is 5.75 Å². The highest BCUT2D eigenvalue weighted by Gasteiger charge is 2.13. The summed E-state index contributed by atoms with van der Waals surface area (Å²) in [4.78, 5) is 11.6. The minimum absolute atomic E-state index is 0.0242. The Labute approximate surface area is 124 Å². The molecule has 0 aliphatic rings. The molecule has 0 aliphatic heterocycles. The van der Waals surface area contributed by atoms with Gasteiger partial charge in [0, 0.05) is 17.9 Å². The van der Waals surface area contributed by atoms with Gasteiger partial charge in [-0.3, -0.25) is 4.79 Å². The molecule has 0 heterocycles. The number of rotatable bonds is 8. The lowest BCUT2D eigenvalue weighted by molar-refractivity contribution is -0.115. The van der Waals surface area contributed by atoms with Crippen molar-refractivity contribution < 1.29 is 14.6 Å². The summed E-state index contributed by atoms with van der Waals surface area (Å²) in [6.07, 6.45) is 0.523. The van der Waals surface area contributed by atoms with E-state index in [1.165, 1.54) is 0 Å². The molecule has 0 bridgehead atoms. The van der Waals surface area contributed by atoms with Gasteiger partial charge in [-0.2, -0.15) is 11.8 Å². The lowest BCUT2D eigenvalue weighted by Crippen LogP contribution is -2.27. The molecule has 0 unspecified atom stereocenters. The topological polar surface area (TPSA) is 58.6 Å². The molecular weight excluding hydrogens is 274 g/mol. The molecule has 1 amide bonds. The van der Waals surface area contributed by atoms with E-state index in [9.17, 15) is 9.90 Å². The van der Waals surface area contributed by atoms with Crippen LogP contribution in [0.4, 0.5) is 5.69 Å². The highest BCUT2D eigenvalue weighted by Crippen LogP contribution is 2.17. The van der Waals surface area contributed by atoms with Crippen molar-refractivity contribution in [3.63, 3.8) is 0 Å². The average molecular weight is 297 g/mol. The third-order valence-electron chi connectivity index (χ3n) is 2.41. The van der Waals surface area contributed by atoms with Gasteiger partial charge < -0.3 is 15.2 Å². The van der Waals surface area contributed by atoms with Gasteiger partial charge in [-0.25, -0.2) is 0 Å². The predicted octanol–water partition coefficient (Wildman–Crippen LogP) is 2.92. The molecule has 0 spiro atoms. The van der Waals surface area contributed by atoms with Crippen LogP contribution in [-0.2, 0) is 4.79 Å². The molecule has 0 aromatic heterocycles. The van der Waals surface area contributed by atoms with E-state index in [2.05, 4.69) is 12.2 Å². The third kappa shape index (κ3) is 7.40. The van der Waals surface area contributed by atoms with Gasteiger partial charge in [0.05, 0.1) is 5.60 Å². The first-order valence-corrected chi connectivity index (χ1v) is 7.89. The van der Waals surface area contributed by atoms with Crippen molar-refractivity contribution in [2.75, 3.05) is 23.4 Å². The van der Waals surface area contributed by atoms with E-state index in [1.807, 2.05) is 0 Å². The summed E-state index contributed by atoms with van der Waals surface area (Å²) in [5, 5.41) is 12.4. The first-order valence-electron chi connectivity index (χ1n) is 6.73. The van der Waals surface area contributed by atoms with E-state index in [1.54, 1.807) is 49.9 Å². The van der Waals surface area contributed by atoms with Crippen LogP contribution in [0.15, 0.2) is 24.3 Å². The molecule has 5 heteroatoms. The normalized spacial score (nSPS) is 11.2. The van der Waals surface area contributed by atoms with Crippen molar-refractivity contribution >= 4 is 23.4 Å². The van der Waals surface area contributed by atoms with Crippen molar-refractivity contribution in [2.24, 2.45) is 0 Å². The number of thioether (sulfide) groups is 1. The van der Waals surface area contributed by atoms with Crippen LogP contribution < -0.4 is 10.1 Å². The number of anilines is 1. The fourth-order valence-electron chi connectivity index (χ4n) is 1.43. The van der Waals surface area contributed by atoms with Crippen molar-refractivity contribution in [1.82, 2.24) is 0 Å². The van der Waals surface area contributed by atoms with Crippen LogP contribution in [-0.4, -0.2) is 34.7 Å². The number of carbonyl (C=O) groups excluding carboxylic acids is 1. The van der Waals surface area contributed by atoms with Crippen molar-refractivity contribution in [2.45, 2.75) is 32.8 Å². The number of carbonyl (C=O) groups is 1. The van der Waals surface area contributed by atoms with Crippen LogP contribution in [0.2, 0.25) is 0 Å². The van der Waals surface area contributed by atoms with Gasteiger partial charge in [0.2, 0.25) is 5.91 Å². The van der Waals surface area contributed by atoms with Crippen LogP contribution >= 0.6 is 11.8 Å². The number of hydrogen-bond donors (Lipinski definition) is 2. The maximum Gasteiger partial charge on any atom is 0.225 e. The molecule has 1 rings (SSSR count). The lowest BCUT2D eigenvalue weighted by atomic mass is 10.2. The standard InChI is InChI=1S/C15H23NO3S/c1-4-20-10-9-14(17)16-12-5-7-13(8-6-12)19-11-15(2,3)18/h5-8,18H,4,9-11H2,1-3H3,(H,16,17). The largest absolute Gasteiger partial charge is 0.491 e. The summed E-state index contributed by atoms with van der Waals surface area (Å²) in [6, 6.07) is 7.15. The zero-order chi connectivity index (χ0) is 15.0. The summed E-state index contributed by atoms with van der Waals surface area (Å²) in [5.74, 6) is 2.57. The maximum absolute atomic E-state index is 11.6. The molecule has 0 fully saturated rings. The molecule has 0 atom stereocenters. The smallest absolute Gasteiger partial charge is 0.225 e. The molecule has 4 nitrogen and oxygen atoms in total. The molecule has 0 radical (unpaired) electrons. The molecule has 0 saturated carbocycles. The number of ether oxygens (including phenoxy) is 1. The predicted molar refractivity (Wildman–Crippen MR) is 84.5 cm³/mol. The second-order valence-electron chi connectivity index (χ2n) is 5.12. The maximum atomic E-state index is 11.6. The highest BCUT2D eigenvalue weighted by molar-refractivity contribution is 7.99. The Morgan fingerprint density at radius 1 is 1.35 bits per heavy atom. The van der Waals surface area contributed by atoms with E-state index in [0.717, 1.165) is 17.2 Å². The monoisotopic (exact) mass is 297 g/mol. The Morgan fingerprint density at radius 3 is 2.55 bits per heavy atom. The van der Waals surface area contributed by atoms with Crippen LogP contribution in [0, 0.1) is 0 Å². The summed E-state index contributed by atoms with van der Waals surface area (Å²) in [6.45, 7) is 5.69. The van der Waals surface area contributed by atoms with Crippen LogP contribution in [0.1, 0.15) is 27.2 Å². The third-order valence-corrected chi connectivity index (χ3v) is 3.31. The molecule has 112 valence electrons. The Morgan fingerprint density at radius 2 is 2.00 bits per heavy atom. The molecule has 1 aromatic carbocycles. The van der Waals surface area contributed by atoms with Gasteiger partial charge in [0.25, 0.3) is 0 Å². The number of amides is 1. The van der Waals surface area contributed by atoms with Gasteiger partial charge in [-0.15, -0.1) is 0 Å². The van der Waals surface area contributed by atoms with Gasteiger partial charge in [0.15, 0.2) is 0 Å². The Bertz CT molecular complexity index is 412. The number of nitrogens with one attached hydrogen (secondary N) is 1. The second-order valence-corrected chi connectivity index (χ2v) is 6.51. The molecule has 0 saturated heterocycles. The Hall–Kier alpha value is -1.20. The summed E-state index contributed by atoms with van der Waals surface area (Å²) < 4.78 is 5.44. The zero-order valence-electron chi connectivity index (χ0n) is 12.3. The zero-order valence-corrected chi connectivity index (χ0v) is 13.1. The summed E-state index contributed by atoms with van der Waals surface area (Å²) in [7, 11) is 0. The van der Waals surface area contributed by atoms with Gasteiger partial charge in [0.1, 0.15) is 12.4 Å². The Kier molecular flexibility index (Phi) is 6.88.